The van der Waals surface area contributed by atoms with Crippen LogP contribution in [0.15, 0.2) is 76.2 Å². The highest BCUT2D eigenvalue weighted by atomic mass is 35.5. The number of fused-ring (bicyclic) bond motifs is 1. The SMILES string of the molecule is COc1ccc(O)c(-c2nnc(Sc3nc4c(Cl)cccc4s3)n2-c2ccccc2)c1. The molecule has 0 saturated carbocycles. The number of aromatic nitrogens is 4. The van der Waals surface area contributed by atoms with E-state index in [2.05, 4.69) is 15.2 Å². The maximum Gasteiger partial charge on any atom is 0.203 e. The molecule has 31 heavy (non-hydrogen) atoms. The molecule has 0 unspecified atom stereocenters. The second-order valence-corrected chi connectivity index (χ2v) is 9.18. The molecule has 0 spiro atoms. The Bertz CT molecular complexity index is 1390. The van der Waals surface area contributed by atoms with Crippen LogP contribution in [0.1, 0.15) is 0 Å². The number of phenols is 1. The number of rotatable bonds is 5. The van der Waals surface area contributed by atoms with Crippen LogP contribution in [0.2, 0.25) is 5.02 Å². The molecule has 0 aliphatic rings. The molecular weight excluding hydrogens is 452 g/mol. The number of ether oxygens (including phenoxy) is 1. The molecule has 154 valence electrons. The molecule has 2 aromatic heterocycles. The number of thiazole rings is 1. The lowest BCUT2D eigenvalue weighted by Gasteiger charge is -2.11. The first-order valence-electron chi connectivity index (χ1n) is 9.25. The summed E-state index contributed by atoms with van der Waals surface area (Å²) < 4.78 is 9.03. The van der Waals surface area contributed by atoms with E-state index in [-0.39, 0.29) is 5.75 Å². The third kappa shape index (κ3) is 3.74. The molecule has 9 heteroatoms. The van der Waals surface area contributed by atoms with E-state index < -0.39 is 0 Å². The monoisotopic (exact) mass is 466 g/mol. The Kier molecular flexibility index (Phi) is 5.27. The Balaban J connectivity index is 1.65. The predicted molar refractivity (Wildman–Crippen MR) is 124 cm³/mol. The predicted octanol–water partition coefficient (Wildman–Crippen LogP) is 6.06. The first kappa shape index (κ1) is 19.9. The molecule has 1 N–H and O–H groups in total. The Morgan fingerprint density at radius 1 is 1.03 bits per heavy atom. The van der Waals surface area contributed by atoms with Crippen LogP contribution in [0.4, 0.5) is 0 Å². The van der Waals surface area contributed by atoms with Gasteiger partial charge in [-0.05, 0) is 54.2 Å². The zero-order valence-electron chi connectivity index (χ0n) is 16.2. The van der Waals surface area contributed by atoms with E-state index in [1.807, 2.05) is 53.1 Å². The van der Waals surface area contributed by atoms with E-state index in [1.165, 1.54) is 11.8 Å². The van der Waals surface area contributed by atoms with E-state index in [0.29, 0.717) is 27.3 Å². The molecule has 0 atom stereocenters. The number of benzene rings is 3. The van der Waals surface area contributed by atoms with Crippen LogP contribution in [0, 0.1) is 0 Å². The fourth-order valence-corrected chi connectivity index (χ4v) is 5.47. The number of hydrogen-bond donors (Lipinski definition) is 1. The number of phenolic OH excluding ortho intramolecular Hbond substituents is 1. The van der Waals surface area contributed by atoms with Gasteiger partial charge in [-0.25, -0.2) is 4.98 Å². The van der Waals surface area contributed by atoms with E-state index in [4.69, 9.17) is 16.3 Å². The van der Waals surface area contributed by atoms with Gasteiger partial charge in [0.25, 0.3) is 0 Å². The summed E-state index contributed by atoms with van der Waals surface area (Å²) in [5, 5.41) is 20.6. The third-order valence-electron chi connectivity index (χ3n) is 4.62. The summed E-state index contributed by atoms with van der Waals surface area (Å²) in [5.41, 5.74) is 2.16. The first-order valence-corrected chi connectivity index (χ1v) is 11.3. The van der Waals surface area contributed by atoms with E-state index in [1.54, 1.807) is 36.6 Å². The molecule has 2 heterocycles. The lowest BCUT2D eigenvalue weighted by molar-refractivity contribution is 0.412. The number of hydrogen-bond acceptors (Lipinski definition) is 7. The Morgan fingerprint density at radius 3 is 2.65 bits per heavy atom. The number of nitrogens with zero attached hydrogens (tertiary/aromatic N) is 4. The number of para-hydroxylation sites is 2. The molecule has 0 radical (unpaired) electrons. The summed E-state index contributed by atoms with van der Waals surface area (Å²) >= 11 is 9.23. The number of methoxy groups -OCH3 is 1. The fourth-order valence-electron chi connectivity index (χ4n) is 3.16. The van der Waals surface area contributed by atoms with Crippen molar-refractivity contribution in [2.24, 2.45) is 0 Å². The topological polar surface area (TPSA) is 73.1 Å². The molecule has 0 saturated heterocycles. The van der Waals surface area contributed by atoms with Crippen molar-refractivity contribution in [1.29, 1.82) is 0 Å². The summed E-state index contributed by atoms with van der Waals surface area (Å²) in [6, 6.07) is 20.5. The lowest BCUT2D eigenvalue weighted by Crippen LogP contribution is -1.99. The summed E-state index contributed by atoms with van der Waals surface area (Å²) in [6.07, 6.45) is 0. The lowest BCUT2D eigenvalue weighted by atomic mass is 10.1. The van der Waals surface area contributed by atoms with Gasteiger partial charge >= 0.3 is 0 Å². The van der Waals surface area contributed by atoms with E-state index >= 15 is 0 Å². The standard InChI is InChI=1S/C22H15ClN4O2S2/c1-29-14-10-11-17(28)15(12-14)20-25-26-21(27(20)13-6-3-2-4-7-13)31-22-24-19-16(23)8-5-9-18(19)30-22/h2-12,28H,1H3. The van der Waals surface area contributed by atoms with Crippen LogP contribution in [0.5, 0.6) is 11.5 Å². The van der Waals surface area contributed by atoms with Crippen LogP contribution in [-0.4, -0.2) is 32.0 Å². The van der Waals surface area contributed by atoms with Gasteiger partial charge < -0.3 is 9.84 Å². The second-order valence-electron chi connectivity index (χ2n) is 6.53. The molecule has 3 aromatic carbocycles. The van der Waals surface area contributed by atoms with Crippen molar-refractivity contribution in [2.75, 3.05) is 7.11 Å². The second kappa shape index (κ2) is 8.22. The molecule has 5 rings (SSSR count). The molecule has 0 bridgehead atoms. The van der Waals surface area contributed by atoms with Crippen molar-refractivity contribution < 1.29 is 9.84 Å². The third-order valence-corrected chi connectivity index (χ3v) is 6.95. The normalized spacial score (nSPS) is 11.2. The highest BCUT2D eigenvalue weighted by molar-refractivity contribution is 8.01. The summed E-state index contributed by atoms with van der Waals surface area (Å²) in [7, 11) is 1.58. The first-order chi connectivity index (χ1) is 15.1. The maximum absolute atomic E-state index is 10.5. The van der Waals surface area contributed by atoms with Crippen molar-refractivity contribution in [3.8, 4) is 28.6 Å². The number of halogens is 1. The van der Waals surface area contributed by atoms with Crippen LogP contribution < -0.4 is 4.74 Å². The Hall–Kier alpha value is -3.07. The maximum atomic E-state index is 10.5. The van der Waals surface area contributed by atoms with Crippen LogP contribution in [-0.2, 0) is 0 Å². The summed E-state index contributed by atoms with van der Waals surface area (Å²) in [4.78, 5) is 4.67. The van der Waals surface area contributed by atoms with Gasteiger partial charge in [0, 0.05) is 5.69 Å². The highest BCUT2D eigenvalue weighted by Gasteiger charge is 2.21. The van der Waals surface area contributed by atoms with Crippen molar-refractivity contribution in [2.45, 2.75) is 9.50 Å². The van der Waals surface area contributed by atoms with Gasteiger partial charge in [0.1, 0.15) is 17.0 Å². The average molecular weight is 467 g/mol. The molecule has 5 aromatic rings. The van der Waals surface area contributed by atoms with Crippen LogP contribution >= 0.6 is 34.7 Å². The highest BCUT2D eigenvalue weighted by Crippen LogP contribution is 2.39. The minimum absolute atomic E-state index is 0.0914. The van der Waals surface area contributed by atoms with E-state index in [9.17, 15) is 5.11 Å². The molecule has 0 aliphatic carbocycles. The molecular formula is C22H15ClN4O2S2. The van der Waals surface area contributed by atoms with Crippen molar-refractivity contribution >= 4 is 44.9 Å². The Labute approximate surface area is 191 Å². The minimum atomic E-state index is 0.0914. The largest absolute Gasteiger partial charge is 0.507 e. The molecule has 0 aliphatic heterocycles. The zero-order valence-corrected chi connectivity index (χ0v) is 18.6. The van der Waals surface area contributed by atoms with Crippen molar-refractivity contribution in [1.82, 2.24) is 19.7 Å². The zero-order chi connectivity index (χ0) is 21.4. The van der Waals surface area contributed by atoms with Gasteiger partial charge in [-0.2, -0.15) is 0 Å². The van der Waals surface area contributed by atoms with Gasteiger partial charge in [0.15, 0.2) is 10.2 Å². The van der Waals surface area contributed by atoms with Gasteiger partial charge in [0.05, 0.1) is 22.4 Å². The Morgan fingerprint density at radius 2 is 1.87 bits per heavy atom. The molecule has 0 amide bonds. The molecule has 6 nitrogen and oxygen atoms in total. The van der Waals surface area contributed by atoms with Gasteiger partial charge in [-0.15, -0.1) is 21.5 Å². The van der Waals surface area contributed by atoms with Gasteiger partial charge in [-0.3, -0.25) is 4.57 Å². The minimum Gasteiger partial charge on any atom is -0.507 e. The van der Waals surface area contributed by atoms with Gasteiger partial charge in [-0.1, -0.05) is 35.9 Å². The number of aromatic hydroxyl groups is 1. The summed E-state index contributed by atoms with van der Waals surface area (Å²) in [5.74, 6) is 1.21. The smallest absolute Gasteiger partial charge is 0.203 e. The van der Waals surface area contributed by atoms with Crippen molar-refractivity contribution in [3.05, 3.63) is 71.8 Å². The fraction of sp³-hybridized carbons (Fsp3) is 0.0455. The van der Waals surface area contributed by atoms with Gasteiger partial charge in [0.2, 0.25) is 5.16 Å². The quantitative estimate of drug-likeness (QED) is 0.339. The summed E-state index contributed by atoms with van der Waals surface area (Å²) in [6.45, 7) is 0. The van der Waals surface area contributed by atoms with E-state index in [0.717, 1.165) is 20.2 Å². The van der Waals surface area contributed by atoms with Crippen LogP contribution in [0.25, 0.3) is 27.3 Å². The van der Waals surface area contributed by atoms with Crippen molar-refractivity contribution in [3.63, 3.8) is 0 Å². The average Bonchev–Trinajstić information content (AvgIpc) is 3.40. The van der Waals surface area contributed by atoms with Crippen LogP contribution in [0.3, 0.4) is 0 Å². The molecule has 0 fully saturated rings.